The van der Waals surface area contributed by atoms with Crippen LogP contribution in [0.3, 0.4) is 0 Å². The van der Waals surface area contributed by atoms with Crippen molar-refractivity contribution in [3.63, 3.8) is 0 Å². The topological polar surface area (TPSA) is 18.5 Å². The summed E-state index contributed by atoms with van der Waals surface area (Å²) < 4.78 is 11.0. The van der Waals surface area contributed by atoms with E-state index in [1.807, 2.05) is 13.8 Å². The van der Waals surface area contributed by atoms with Gasteiger partial charge in [-0.1, -0.05) is 31.9 Å². The van der Waals surface area contributed by atoms with Gasteiger partial charge in [-0.15, -0.1) is 0 Å². The van der Waals surface area contributed by atoms with Gasteiger partial charge in [0, 0.05) is 18.3 Å². The van der Waals surface area contributed by atoms with Crippen molar-refractivity contribution in [1.29, 1.82) is 0 Å². The van der Waals surface area contributed by atoms with Crippen LogP contribution in [0.4, 0.5) is 0 Å². The molecule has 12 heavy (non-hydrogen) atoms. The quantitative estimate of drug-likeness (QED) is 0.525. The fourth-order valence-electron chi connectivity index (χ4n) is 0.846. The fraction of sp³-hybridized carbons (Fsp3) is 1.00. The molecule has 74 valence electrons. The van der Waals surface area contributed by atoms with Crippen molar-refractivity contribution in [3.8, 4) is 0 Å². The molecule has 0 unspecified atom stereocenters. The van der Waals surface area contributed by atoms with Crippen molar-refractivity contribution in [2.24, 2.45) is 0 Å². The number of halogens is 1. The molecule has 0 N–H and O–H groups in total. The second-order valence-corrected chi connectivity index (χ2v) is 8.29. The van der Waals surface area contributed by atoms with Crippen molar-refractivity contribution in [2.45, 2.75) is 39.7 Å². The van der Waals surface area contributed by atoms with Gasteiger partial charge in [0.05, 0.1) is 0 Å². The molecular formula is C8H19ClO2Si. The van der Waals surface area contributed by atoms with Crippen molar-refractivity contribution in [2.75, 3.05) is 13.2 Å². The standard InChI is InChI=1S/C8H19ClO2Si/c1-6-10-12(9,11-7-2)8(3,4)5/h6-7H2,1-5H3. The van der Waals surface area contributed by atoms with Crippen LogP contribution < -0.4 is 0 Å². The Morgan fingerprint density at radius 3 is 1.58 bits per heavy atom. The number of hydrogen-bond donors (Lipinski definition) is 0. The lowest BCUT2D eigenvalue weighted by molar-refractivity contribution is 0.182. The van der Waals surface area contributed by atoms with Gasteiger partial charge in [-0.2, -0.15) is 0 Å². The second kappa shape index (κ2) is 4.60. The van der Waals surface area contributed by atoms with E-state index >= 15 is 0 Å². The van der Waals surface area contributed by atoms with Crippen molar-refractivity contribution >= 4 is 18.9 Å². The largest absolute Gasteiger partial charge is 0.448 e. The van der Waals surface area contributed by atoms with E-state index in [0.717, 1.165) is 0 Å². The second-order valence-electron chi connectivity index (χ2n) is 3.65. The van der Waals surface area contributed by atoms with Crippen molar-refractivity contribution in [1.82, 2.24) is 0 Å². The zero-order valence-corrected chi connectivity index (χ0v) is 10.4. The SMILES string of the molecule is CCO[Si](Cl)(OCC)C(C)(C)C. The highest BCUT2D eigenvalue weighted by Gasteiger charge is 2.48. The molecule has 0 saturated heterocycles. The van der Waals surface area contributed by atoms with E-state index in [9.17, 15) is 0 Å². The zero-order chi connectivity index (χ0) is 9.83. The minimum atomic E-state index is -2.48. The van der Waals surface area contributed by atoms with Crippen molar-refractivity contribution < 1.29 is 8.85 Å². The molecule has 0 fully saturated rings. The first-order valence-electron chi connectivity index (χ1n) is 4.34. The monoisotopic (exact) mass is 210 g/mol. The van der Waals surface area contributed by atoms with Gasteiger partial charge in [0.25, 0.3) is 0 Å². The highest BCUT2D eigenvalue weighted by molar-refractivity contribution is 7.14. The molecule has 0 aliphatic heterocycles. The molecule has 0 aromatic rings. The van der Waals surface area contributed by atoms with E-state index < -0.39 is 7.87 Å². The predicted molar refractivity (Wildman–Crippen MR) is 54.6 cm³/mol. The third-order valence-corrected chi connectivity index (χ3v) is 7.02. The Morgan fingerprint density at radius 2 is 1.42 bits per heavy atom. The average Bonchev–Trinajstić information content (AvgIpc) is 1.86. The highest BCUT2D eigenvalue weighted by atomic mass is 35.6. The summed E-state index contributed by atoms with van der Waals surface area (Å²) in [5.41, 5.74) is 0. The molecule has 0 aliphatic carbocycles. The maximum absolute atomic E-state index is 6.31. The lowest BCUT2D eigenvalue weighted by Gasteiger charge is -2.34. The molecule has 0 atom stereocenters. The number of hydrogen-bond acceptors (Lipinski definition) is 2. The first kappa shape index (κ1) is 12.4. The van der Waals surface area contributed by atoms with Crippen LogP contribution >= 0.6 is 11.1 Å². The summed E-state index contributed by atoms with van der Waals surface area (Å²) in [4.78, 5) is 0. The van der Waals surface area contributed by atoms with Crippen LogP contribution in [0.1, 0.15) is 34.6 Å². The van der Waals surface area contributed by atoms with Gasteiger partial charge in [-0.05, 0) is 13.8 Å². The van der Waals surface area contributed by atoms with E-state index in [4.69, 9.17) is 19.9 Å². The van der Waals surface area contributed by atoms with Gasteiger partial charge in [0.2, 0.25) is 0 Å². The van der Waals surface area contributed by atoms with E-state index in [1.165, 1.54) is 0 Å². The van der Waals surface area contributed by atoms with E-state index in [-0.39, 0.29) is 5.04 Å². The first-order chi connectivity index (χ1) is 5.37. The Bertz CT molecular complexity index is 128. The maximum Gasteiger partial charge on any atom is 0.448 e. The molecule has 0 spiro atoms. The molecule has 0 aromatic heterocycles. The van der Waals surface area contributed by atoms with Crippen LogP contribution in [0, 0.1) is 0 Å². The third kappa shape index (κ3) is 3.05. The Hall–Kier alpha value is 0.427. The molecular weight excluding hydrogens is 192 g/mol. The van der Waals surface area contributed by atoms with Crippen LogP contribution in [-0.4, -0.2) is 21.1 Å². The third-order valence-electron chi connectivity index (χ3n) is 1.56. The first-order valence-corrected chi connectivity index (χ1v) is 7.17. The molecule has 0 bridgehead atoms. The van der Waals surface area contributed by atoms with E-state index in [0.29, 0.717) is 13.2 Å². The normalized spacial score (nSPS) is 13.5. The molecule has 2 nitrogen and oxygen atoms in total. The summed E-state index contributed by atoms with van der Waals surface area (Å²) in [6.07, 6.45) is 0. The Balaban J connectivity index is 4.38. The van der Waals surface area contributed by atoms with Gasteiger partial charge in [-0.3, -0.25) is 0 Å². The summed E-state index contributed by atoms with van der Waals surface area (Å²) in [5.74, 6) is 0. The highest BCUT2D eigenvalue weighted by Crippen LogP contribution is 2.40. The van der Waals surface area contributed by atoms with Crippen LogP contribution in [0.25, 0.3) is 0 Å². The smallest absolute Gasteiger partial charge is 0.383 e. The summed E-state index contributed by atoms with van der Waals surface area (Å²) in [6, 6.07) is 0. The van der Waals surface area contributed by atoms with Gasteiger partial charge in [-0.25, -0.2) is 0 Å². The minimum absolute atomic E-state index is 0.0828. The summed E-state index contributed by atoms with van der Waals surface area (Å²) in [7, 11) is -2.48. The van der Waals surface area contributed by atoms with Gasteiger partial charge in [0.1, 0.15) is 0 Å². The maximum atomic E-state index is 6.31. The molecule has 0 saturated carbocycles. The summed E-state index contributed by atoms with van der Waals surface area (Å²) in [6.45, 7) is 11.3. The van der Waals surface area contributed by atoms with Gasteiger partial charge < -0.3 is 8.85 Å². The molecule has 0 aliphatic rings. The molecule has 0 rings (SSSR count). The lowest BCUT2D eigenvalue weighted by atomic mass is 10.3. The molecule has 0 amide bonds. The van der Waals surface area contributed by atoms with Crippen LogP contribution in [0.5, 0.6) is 0 Å². The molecule has 0 heterocycles. The molecule has 0 aromatic carbocycles. The van der Waals surface area contributed by atoms with Gasteiger partial charge >= 0.3 is 7.87 Å². The zero-order valence-electron chi connectivity index (χ0n) is 8.61. The summed E-state index contributed by atoms with van der Waals surface area (Å²) in [5, 5.41) is -0.0828. The van der Waals surface area contributed by atoms with E-state index in [1.54, 1.807) is 0 Å². The number of rotatable bonds is 4. The molecule has 4 heteroatoms. The Labute approximate surface area is 81.2 Å². The van der Waals surface area contributed by atoms with Crippen LogP contribution in [-0.2, 0) is 8.85 Å². The minimum Gasteiger partial charge on any atom is -0.383 e. The molecule has 0 radical (unpaired) electrons. The van der Waals surface area contributed by atoms with E-state index in [2.05, 4.69) is 20.8 Å². The van der Waals surface area contributed by atoms with Crippen LogP contribution in [0.2, 0.25) is 5.04 Å². The predicted octanol–water partition coefficient (Wildman–Crippen LogP) is 3.04. The fourth-order valence-corrected chi connectivity index (χ4v) is 3.19. The summed E-state index contributed by atoms with van der Waals surface area (Å²) >= 11 is 6.31. The Kier molecular flexibility index (Phi) is 4.77. The Morgan fingerprint density at radius 1 is 1.08 bits per heavy atom. The van der Waals surface area contributed by atoms with Crippen LogP contribution in [0.15, 0.2) is 0 Å². The van der Waals surface area contributed by atoms with Gasteiger partial charge in [0.15, 0.2) is 0 Å². The average molecular weight is 211 g/mol. The lowest BCUT2D eigenvalue weighted by Crippen LogP contribution is -2.45. The van der Waals surface area contributed by atoms with Crippen molar-refractivity contribution in [3.05, 3.63) is 0 Å².